The largest absolute Gasteiger partial charge is 0.444 e. The van der Waals surface area contributed by atoms with Gasteiger partial charge in [0.2, 0.25) is 0 Å². The summed E-state index contributed by atoms with van der Waals surface area (Å²) in [7, 11) is 0. The van der Waals surface area contributed by atoms with Crippen molar-refractivity contribution in [1.82, 2.24) is 14.9 Å². The Morgan fingerprint density at radius 1 is 1.23 bits per heavy atom. The Hall–Kier alpha value is -3.66. The van der Waals surface area contributed by atoms with Gasteiger partial charge in [0.15, 0.2) is 0 Å². The quantitative estimate of drug-likeness (QED) is 0.617. The third-order valence-electron chi connectivity index (χ3n) is 5.05. The molecule has 6 nitrogen and oxygen atoms in total. The second-order valence-corrected chi connectivity index (χ2v) is 8.55. The lowest BCUT2D eigenvalue weighted by molar-refractivity contribution is 0.00820. The van der Waals surface area contributed by atoms with Crippen LogP contribution in [0.15, 0.2) is 42.7 Å². The van der Waals surface area contributed by atoms with Crippen LogP contribution in [0, 0.1) is 18.2 Å². The number of likely N-dealkylation sites (tertiary alicyclic amines) is 1. The van der Waals surface area contributed by atoms with Crippen LogP contribution >= 0.6 is 0 Å². The lowest BCUT2D eigenvalue weighted by Gasteiger charge is -2.40. The van der Waals surface area contributed by atoms with E-state index >= 15 is 0 Å². The Morgan fingerprint density at radius 2 is 2.00 bits per heavy atom. The third-order valence-corrected chi connectivity index (χ3v) is 5.05. The predicted octanol–water partition coefficient (Wildman–Crippen LogP) is 4.83. The van der Waals surface area contributed by atoms with Gasteiger partial charge in [0.25, 0.3) is 0 Å². The summed E-state index contributed by atoms with van der Waals surface area (Å²) in [4.78, 5) is 22.5. The van der Waals surface area contributed by atoms with Crippen LogP contribution in [0.5, 0.6) is 0 Å². The van der Waals surface area contributed by atoms with Crippen LogP contribution in [-0.2, 0) is 4.74 Å². The number of aromatic nitrogens is 2. The van der Waals surface area contributed by atoms with Crippen LogP contribution in [0.2, 0.25) is 0 Å². The first-order valence-corrected chi connectivity index (χ1v) is 9.99. The molecule has 158 valence electrons. The average molecular weight is 418 g/mol. The van der Waals surface area contributed by atoms with Crippen molar-refractivity contribution in [1.29, 1.82) is 0 Å². The molecule has 3 aromatic rings. The number of anilines is 2. The predicted molar refractivity (Wildman–Crippen MR) is 118 cm³/mol. The maximum absolute atomic E-state index is 14.3. The van der Waals surface area contributed by atoms with Crippen molar-refractivity contribution in [3.05, 3.63) is 59.7 Å². The molecule has 0 saturated carbocycles. The third kappa shape index (κ3) is 4.43. The molecule has 1 aliphatic heterocycles. The van der Waals surface area contributed by atoms with Gasteiger partial charge < -0.3 is 15.0 Å². The summed E-state index contributed by atoms with van der Waals surface area (Å²) in [6.07, 6.45) is 6.56. The molecule has 0 aliphatic carbocycles. The van der Waals surface area contributed by atoms with Crippen molar-refractivity contribution in [2.24, 2.45) is 0 Å². The van der Waals surface area contributed by atoms with E-state index in [0.717, 1.165) is 16.5 Å². The van der Waals surface area contributed by atoms with E-state index in [1.54, 1.807) is 17.0 Å². The van der Waals surface area contributed by atoms with Crippen LogP contribution in [0.25, 0.3) is 10.9 Å². The average Bonchev–Trinajstić information content (AvgIpc) is 2.67. The van der Waals surface area contributed by atoms with Crippen LogP contribution in [0.1, 0.15) is 37.8 Å². The van der Waals surface area contributed by atoms with Crippen LogP contribution in [0.3, 0.4) is 0 Å². The topological polar surface area (TPSA) is 67.4 Å². The molecular formula is C24H23FN4O2. The van der Waals surface area contributed by atoms with Gasteiger partial charge in [-0.3, -0.25) is 0 Å². The van der Waals surface area contributed by atoms with E-state index in [1.165, 1.54) is 12.4 Å². The van der Waals surface area contributed by atoms with Crippen molar-refractivity contribution in [3.8, 4) is 12.3 Å². The fourth-order valence-electron chi connectivity index (χ4n) is 3.43. The van der Waals surface area contributed by atoms with E-state index in [9.17, 15) is 9.18 Å². The Kier molecular flexibility index (Phi) is 5.24. The summed E-state index contributed by atoms with van der Waals surface area (Å²) in [5.41, 5.74) is 2.09. The number of halogens is 1. The molecule has 1 aliphatic rings. The first-order valence-electron chi connectivity index (χ1n) is 9.99. The van der Waals surface area contributed by atoms with E-state index in [1.807, 2.05) is 39.0 Å². The minimum Gasteiger partial charge on any atom is -0.444 e. The van der Waals surface area contributed by atoms with Gasteiger partial charge in [-0.25, -0.2) is 19.2 Å². The summed E-state index contributed by atoms with van der Waals surface area (Å²) in [6, 6.07) is 10.3. The number of nitrogens with one attached hydrogen (secondary N) is 1. The highest BCUT2D eigenvalue weighted by Crippen LogP contribution is 2.32. The Morgan fingerprint density at radius 3 is 2.71 bits per heavy atom. The van der Waals surface area contributed by atoms with Crippen molar-refractivity contribution in [3.63, 3.8) is 0 Å². The number of hydrogen-bond acceptors (Lipinski definition) is 5. The van der Waals surface area contributed by atoms with Gasteiger partial charge in [-0.15, -0.1) is 6.42 Å². The molecule has 2 heterocycles. The highest BCUT2D eigenvalue weighted by molar-refractivity contribution is 5.91. The standard InChI is InChI=1S/C24H23FN4O2/c1-5-15-6-8-19(25)21(10-15)28-22-18-11-16(7-9-20(18)26-14-27-22)17-12-29(13-17)23(30)31-24(2,3)4/h1,6-11,14,17H,12-13H2,2-4H3,(H,26,27,28). The molecule has 0 atom stereocenters. The maximum Gasteiger partial charge on any atom is 0.410 e. The number of ether oxygens (including phenoxy) is 1. The molecule has 0 unspecified atom stereocenters. The molecule has 1 saturated heterocycles. The second kappa shape index (κ2) is 7.88. The highest BCUT2D eigenvalue weighted by Gasteiger charge is 2.34. The van der Waals surface area contributed by atoms with Gasteiger partial charge in [0.1, 0.15) is 23.6 Å². The Labute approximate surface area is 180 Å². The molecular weight excluding hydrogens is 395 g/mol. The zero-order chi connectivity index (χ0) is 22.2. The number of benzene rings is 2. The molecule has 7 heteroatoms. The van der Waals surface area contributed by atoms with E-state index in [2.05, 4.69) is 21.2 Å². The molecule has 0 radical (unpaired) electrons. The van der Waals surface area contributed by atoms with Crippen LogP contribution in [-0.4, -0.2) is 39.7 Å². The smallest absolute Gasteiger partial charge is 0.410 e. The van der Waals surface area contributed by atoms with Crippen LogP contribution in [0.4, 0.5) is 20.7 Å². The molecule has 1 aromatic heterocycles. The summed E-state index contributed by atoms with van der Waals surface area (Å²) in [5, 5.41) is 3.80. The number of amides is 1. The van der Waals surface area contributed by atoms with E-state index < -0.39 is 11.4 Å². The van der Waals surface area contributed by atoms with Crippen molar-refractivity contribution < 1.29 is 13.9 Å². The second-order valence-electron chi connectivity index (χ2n) is 8.55. The molecule has 0 spiro atoms. The normalized spacial score (nSPS) is 14.1. The van der Waals surface area contributed by atoms with Crippen molar-refractivity contribution in [2.75, 3.05) is 18.4 Å². The fourth-order valence-corrected chi connectivity index (χ4v) is 3.43. The lowest BCUT2D eigenvalue weighted by Crippen LogP contribution is -2.50. The summed E-state index contributed by atoms with van der Waals surface area (Å²) < 4.78 is 19.7. The van der Waals surface area contributed by atoms with E-state index in [4.69, 9.17) is 11.2 Å². The first kappa shape index (κ1) is 20.6. The summed E-state index contributed by atoms with van der Waals surface area (Å²) in [5.74, 6) is 2.76. The zero-order valence-corrected chi connectivity index (χ0v) is 17.6. The van der Waals surface area contributed by atoms with Gasteiger partial charge in [-0.05, 0) is 56.7 Å². The van der Waals surface area contributed by atoms with Gasteiger partial charge in [-0.1, -0.05) is 12.0 Å². The molecule has 1 amide bonds. The summed E-state index contributed by atoms with van der Waals surface area (Å²) >= 11 is 0. The highest BCUT2D eigenvalue weighted by atomic mass is 19.1. The van der Waals surface area contributed by atoms with E-state index in [0.29, 0.717) is 24.5 Å². The Balaban J connectivity index is 1.56. The molecule has 0 bridgehead atoms. The number of nitrogens with zero attached hydrogens (tertiary/aromatic N) is 3. The maximum atomic E-state index is 14.3. The van der Waals surface area contributed by atoms with Crippen LogP contribution < -0.4 is 5.32 Å². The van der Waals surface area contributed by atoms with Gasteiger partial charge in [0.05, 0.1) is 11.2 Å². The lowest BCUT2D eigenvalue weighted by atomic mass is 9.91. The van der Waals surface area contributed by atoms with Gasteiger partial charge >= 0.3 is 6.09 Å². The van der Waals surface area contributed by atoms with Gasteiger partial charge in [-0.2, -0.15) is 0 Å². The number of rotatable bonds is 3. The van der Waals surface area contributed by atoms with Crippen molar-refractivity contribution >= 4 is 28.5 Å². The number of fused-ring (bicyclic) bond motifs is 1. The minimum absolute atomic E-state index is 0.187. The number of carbonyl (C=O) groups excluding carboxylic acids is 1. The monoisotopic (exact) mass is 418 g/mol. The molecule has 31 heavy (non-hydrogen) atoms. The van der Waals surface area contributed by atoms with Crippen molar-refractivity contribution in [2.45, 2.75) is 32.3 Å². The molecule has 2 aromatic carbocycles. The number of carbonyl (C=O) groups is 1. The van der Waals surface area contributed by atoms with Gasteiger partial charge in [0, 0.05) is 30.0 Å². The number of hydrogen-bond donors (Lipinski definition) is 1. The minimum atomic E-state index is -0.519. The fraction of sp³-hybridized carbons (Fsp3) is 0.292. The molecule has 1 fully saturated rings. The van der Waals surface area contributed by atoms with E-state index in [-0.39, 0.29) is 17.7 Å². The Bertz CT molecular complexity index is 1190. The molecule has 1 N–H and O–H groups in total. The summed E-state index contributed by atoms with van der Waals surface area (Å²) in [6.45, 7) is 6.71. The SMILES string of the molecule is C#Cc1ccc(F)c(Nc2ncnc3ccc(C4CN(C(=O)OC(C)(C)C)C4)cc23)c1. The first-order chi connectivity index (χ1) is 14.7. The molecule has 4 rings (SSSR count). The number of terminal acetylenes is 1. The zero-order valence-electron chi connectivity index (χ0n) is 17.6.